The molecule has 0 saturated carbocycles. The Morgan fingerprint density at radius 2 is 2.00 bits per heavy atom. The number of benzene rings is 1. The summed E-state index contributed by atoms with van der Waals surface area (Å²) in [5.41, 5.74) is 2.01. The highest BCUT2D eigenvalue weighted by molar-refractivity contribution is 7.80. The Balaban J connectivity index is 2.47. The number of rotatable bonds is 6. The minimum absolute atomic E-state index is 0.305. The SMILES string of the molecule is CCOC(=O)C1=C(C)NC(=S)NC1c1ccc(OC)c(OCC)c1. The summed E-state index contributed by atoms with van der Waals surface area (Å²) < 4.78 is 16.1. The van der Waals surface area contributed by atoms with Crippen LogP contribution in [0.4, 0.5) is 0 Å². The zero-order valence-electron chi connectivity index (χ0n) is 14.3. The average molecular weight is 350 g/mol. The molecule has 2 N–H and O–H groups in total. The molecule has 0 aromatic heterocycles. The fraction of sp³-hybridized carbons (Fsp3) is 0.412. The number of nitrogens with one attached hydrogen (secondary N) is 2. The molecule has 6 nitrogen and oxygen atoms in total. The standard InChI is InChI=1S/C17H22N2O4S/c1-5-22-13-9-11(7-8-12(13)21-4)15-14(16(20)23-6-2)10(3)18-17(24)19-15/h7-9,15H,5-6H2,1-4H3,(H2,18,19,24). The van der Waals surface area contributed by atoms with Crippen LogP contribution in [0.1, 0.15) is 32.4 Å². The van der Waals surface area contributed by atoms with E-state index in [1.165, 1.54) is 0 Å². The molecule has 0 amide bonds. The van der Waals surface area contributed by atoms with Crippen LogP contribution in [0, 0.1) is 0 Å². The van der Waals surface area contributed by atoms with Gasteiger partial charge in [0, 0.05) is 5.70 Å². The molecule has 1 aromatic carbocycles. The first kappa shape index (κ1) is 18.1. The molecule has 1 aliphatic rings. The van der Waals surface area contributed by atoms with Crippen LogP contribution < -0.4 is 20.1 Å². The van der Waals surface area contributed by atoms with E-state index in [9.17, 15) is 4.79 Å². The van der Waals surface area contributed by atoms with Crippen molar-refractivity contribution in [2.75, 3.05) is 20.3 Å². The van der Waals surface area contributed by atoms with E-state index in [1.807, 2.05) is 25.1 Å². The van der Waals surface area contributed by atoms with Gasteiger partial charge in [-0.15, -0.1) is 0 Å². The summed E-state index contributed by atoms with van der Waals surface area (Å²) in [5.74, 6) is 0.872. The first-order chi connectivity index (χ1) is 11.5. The highest BCUT2D eigenvalue weighted by atomic mass is 32.1. The molecule has 1 atom stereocenters. The molecule has 0 fully saturated rings. The molecule has 0 radical (unpaired) electrons. The Morgan fingerprint density at radius 1 is 1.25 bits per heavy atom. The molecule has 24 heavy (non-hydrogen) atoms. The van der Waals surface area contributed by atoms with Crippen LogP contribution in [0.25, 0.3) is 0 Å². The van der Waals surface area contributed by atoms with Crippen LogP contribution in [-0.2, 0) is 9.53 Å². The quantitative estimate of drug-likeness (QED) is 0.603. The van der Waals surface area contributed by atoms with Crippen LogP contribution in [0.2, 0.25) is 0 Å². The van der Waals surface area contributed by atoms with E-state index < -0.39 is 6.04 Å². The lowest BCUT2D eigenvalue weighted by molar-refractivity contribution is -0.139. The van der Waals surface area contributed by atoms with E-state index in [-0.39, 0.29) is 5.97 Å². The normalized spacial score (nSPS) is 17.0. The Labute approximate surface area is 147 Å². The molecule has 2 rings (SSSR count). The first-order valence-corrected chi connectivity index (χ1v) is 8.18. The molecule has 7 heteroatoms. The maximum Gasteiger partial charge on any atom is 0.338 e. The second kappa shape index (κ2) is 8.01. The van der Waals surface area contributed by atoms with Crippen molar-refractivity contribution < 1.29 is 19.0 Å². The van der Waals surface area contributed by atoms with Gasteiger partial charge in [0.25, 0.3) is 0 Å². The Bertz CT molecular complexity index is 673. The van der Waals surface area contributed by atoms with E-state index in [0.717, 1.165) is 5.56 Å². The van der Waals surface area contributed by atoms with Gasteiger partial charge in [-0.05, 0) is 50.7 Å². The molecule has 1 aliphatic heterocycles. The molecule has 0 spiro atoms. The van der Waals surface area contributed by atoms with Crippen molar-refractivity contribution in [2.24, 2.45) is 0 Å². The summed E-state index contributed by atoms with van der Waals surface area (Å²) in [5, 5.41) is 6.56. The van der Waals surface area contributed by atoms with E-state index in [4.69, 9.17) is 26.4 Å². The lowest BCUT2D eigenvalue weighted by Crippen LogP contribution is -2.45. The van der Waals surface area contributed by atoms with Gasteiger partial charge in [-0.3, -0.25) is 0 Å². The smallest absolute Gasteiger partial charge is 0.338 e. The summed E-state index contributed by atoms with van der Waals surface area (Å²) in [6.45, 7) is 6.30. The molecule has 0 saturated heterocycles. The number of carbonyl (C=O) groups excluding carboxylic acids is 1. The molecule has 0 bridgehead atoms. The summed E-state index contributed by atoms with van der Waals surface area (Å²) in [7, 11) is 1.59. The maximum absolute atomic E-state index is 12.4. The average Bonchev–Trinajstić information content (AvgIpc) is 2.54. The van der Waals surface area contributed by atoms with Crippen molar-refractivity contribution in [3.8, 4) is 11.5 Å². The number of esters is 1. The van der Waals surface area contributed by atoms with Crippen LogP contribution in [0.15, 0.2) is 29.5 Å². The largest absolute Gasteiger partial charge is 0.493 e. The molecule has 1 aromatic rings. The highest BCUT2D eigenvalue weighted by Crippen LogP contribution is 2.34. The predicted octanol–water partition coefficient (Wildman–Crippen LogP) is 2.45. The molecule has 1 heterocycles. The molecule has 130 valence electrons. The van der Waals surface area contributed by atoms with E-state index >= 15 is 0 Å². The van der Waals surface area contributed by atoms with E-state index in [1.54, 1.807) is 21.0 Å². The zero-order valence-corrected chi connectivity index (χ0v) is 15.1. The van der Waals surface area contributed by atoms with E-state index in [0.29, 0.717) is 41.1 Å². The number of hydrogen-bond acceptors (Lipinski definition) is 5. The fourth-order valence-electron chi connectivity index (χ4n) is 2.56. The topological polar surface area (TPSA) is 68.8 Å². The number of hydrogen-bond donors (Lipinski definition) is 2. The van der Waals surface area contributed by atoms with Crippen LogP contribution in [-0.4, -0.2) is 31.4 Å². The third-order valence-electron chi connectivity index (χ3n) is 3.59. The van der Waals surface area contributed by atoms with Gasteiger partial charge in [0.05, 0.1) is 31.9 Å². The van der Waals surface area contributed by atoms with Crippen molar-refractivity contribution >= 4 is 23.3 Å². The monoisotopic (exact) mass is 350 g/mol. The second-order valence-electron chi connectivity index (χ2n) is 5.13. The number of methoxy groups -OCH3 is 1. The van der Waals surface area contributed by atoms with Gasteiger partial charge in [-0.1, -0.05) is 6.07 Å². The fourth-order valence-corrected chi connectivity index (χ4v) is 2.84. The molecule has 0 aliphatic carbocycles. The summed E-state index contributed by atoms with van der Waals surface area (Å²) in [6.07, 6.45) is 0. The van der Waals surface area contributed by atoms with Crippen molar-refractivity contribution in [2.45, 2.75) is 26.8 Å². The molecular weight excluding hydrogens is 328 g/mol. The summed E-state index contributed by atoms with van der Waals surface area (Å²) in [6, 6.07) is 5.12. The van der Waals surface area contributed by atoms with Crippen molar-refractivity contribution in [1.82, 2.24) is 10.6 Å². The number of carbonyl (C=O) groups is 1. The van der Waals surface area contributed by atoms with Crippen LogP contribution in [0.5, 0.6) is 11.5 Å². The Hall–Kier alpha value is -2.28. The lowest BCUT2D eigenvalue weighted by atomic mass is 9.95. The van der Waals surface area contributed by atoms with Gasteiger partial charge in [0.1, 0.15) is 0 Å². The predicted molar refractivity (Wildman–Crippen MR) is 95.1 cm³/mol. The number of allylic oxidation sites excluding steroid dienone is 1. The van der Waals surface area contributed by atoms with Crippen LogP contribution in [0.3, 0.4) is 0 Å². The van der Waals surface area contributed by atoms with E-state index in [2.05, 4.69) is 10.6 Å². The Morgan fingerprint density at radius 3 is 2.62 bits per heavy atom. The number of thiocarbonyl (C=S) groups is 1. The second-order valence-corrected chi connectivity index (χ2v) is 5.54. The zero-order chi connectivity index (χ0) is 17.7. The van der Waals surface area contributed by atoms with Gasteiger partial charge in [0.2, 0.25) is 0 Å². The minimum atomic E-state index is -0.414. The molecule has 1 unspecified atom stereocenters. The molecular formula is C17H22N2O4S. The third kappa shape index (κ3) is 3.79. The van der Waals surface area contributed by atoms with Crippen molar-refractivity contribution in [1.29, 1.82) is 0 Å². The van der Waals surface area contributed by atoms with Gasteiger partial charge < -0.3 is 24.8 Å². The van der Waals surface area contributed by atoms with Gasteiger partial charge >= 0.3 is 5.97 Å². The maximum atomic E-state index is 12.4. The minimum Gasteiger partial charge on any atom is -0.493 e. The summed E-state index contributed by atoms with van der Waals surface area (Å²) in [4.78, 5) is 12.4. The lowest BCUT2D eigenvalue weighted by Gasteiger charge is -2.30. The van der Waals surface area contributed by atoms with Crippen LogP contribution >= 0.6 is 12.2 Å². The Kier molecular flexibility index (Phi) is 6.03. The highest BCUT2D eigenvalue weighted by Gasteiger charge is 2.31. The van der Waals surface area contributed by atoms with Crippen molar-refractivity contribution in [3.05, 3.63) is 35.0 Å². The summed E-state index contributed by atoms with van der Waals surface area (Å²) >= 11 is 5.23. The van der Waals surface area contributed by atoms with Gasteiger partial charge in [-0.2, -0.15) is 0 Å². The van der Waals surface area contributed by atoms with Gasteiger partial charge in [-0.25, -0.2) is 4.79 Å². The number of ether oxygens (including phenoxy) is 3. The third-order valence-corrected chi connectivity index (χ3v) is 3.81. The first-order valence-electron chi connectivity index (χ1n) is 7.77. The van der Waals surface area contributed by atoms with Crippen molar-refractivity contribution in [3.63, 3.8) is 0 Å². The van der Waals surface area contributed by atoms with Gasteiger partial charge in [0.15, 0.2) is 16.6 Å².